The van der Waals surface area contributed by atoms with Crippen LogP contribution in [0.3, 0.4) is 0 Å². The Bertz CT molecular complexity index is 1170. The zero-order valence-corrected chi connectivity index (χ0v) is 17.9. The predicted octanol–water partition coefficient (Wildman–Crippen LogP) is 5.14. The summed E-state index contributed by atoms with van der Waals surface area (Å²) in [5.41, 5.74) is 2.56. The molecule has 0 saturated carbocycles. The van der Waals surface area contributed by atoms with Gasteiger partial charge in [-0.15, -0.1) is 13.2 Å². The Morgan fingerprint density at radius 3 is 2.33 bits per heavy atom. The molecule has 0 bridgehead atoms. The number of benzene rings is 2. The van der Waals surface area contributed by atoms with Crippen molar-refractivity contribution in [2.45, 2.75) is 38.5 Å². The third-order valence-electron chi connectivity index (χ3n) is 5.81. The lowest BCUT2D eigenvalue weighted by atomic mass is 9.90. The van der Waals surface area contributed by atoms with Gasteiger partial charge in [0, 0.05) is 41.9 Å². The maximum atomic E-state index is 12.8. The molecule has 6 nitrogen and oxygen atoms in total. The monoisotopic (exact) mass is 457 g/mol. The van der Waals surface area contributed by atoms with Crippen molar-refractivity contribution in [3.05, 3.63) is 65.6 Å². The Morgan fingerprint density at radius 2 is 1.70 bits per heavy atom. The van der Waals surface area contributed by atoms with Crippen molar-refractivity contribution in [3.63, 3.8) is 0 Å². The van der Waals surface area contributed by atoms with Gasteiger partial charge in [0.1, 0.15) is 12.1 Å². The highest BCUT2D eigenvalue weighted by Crippen LogP contribution is 2.32. The summed E-state index contributed by atoms with van der Waals surface area (Å²) in [4.78, 5) is 35.3. The van der Waals surface area contributed by atoms with Crippen LogP contribution in [0.25, 0.3) is 10.9 Å². The highest BCUT2D eigenvalue weighted by molar-refractivity contribution is 5.99. The molecular formula is C24H22F3N3O3. The van der Waals surface area contributed by atoms with Crippen LogP contribution in [-0.4, -0.2) is 46.0 Å². The van der Waals surface area contributed by atoms with Crippen LogP contribution in [-0.2, 0) is 0 Å². The van der Waals surface area contributed by atoms with Gasteiger partial charge >= 0.3 is 6.36 Å². The lowest BCUT2D eigenvalue weighted by molar-refractivity contribution is -0.274. The van der Waals surface area contributed by atoms with Crippen molar-refractivity contribution >= 4 is 22.6 Å². The third kappa shape index (κ3) is 5.13. The number of amides is 1. The average molecular weight is 457 g/mol. The molecule has 4 rings (SSSR count). The van der Waals surface area contributed by atoms with Crippen LogP contribution in [0.4, 0.5) is 13.2 Å². The number of nitrogens with zero attached hydrogens (tertiary/aromatic N) is 3. The Balaban J connectivity index is 1.44. The number of fused-ring (bicyclic) bond motifs is 1. The summed E-state index contributed by atoms with van der Waals surface area (Å²) in [6.45, 7) is 2.82. The van der Waals surface area contributed by atoms with Gasteiger partial charge < -0.3 is 9.64 Å². The maximum Gasteiger partial charge on any atom is 0.573 e. The molecular weight excluding hydrogens is 435 g/mol. The van der Waals surface area contributed by atoms with Crippen LogP contribution < -0.4 is 4.74 Å². The molecule has 3 aromatic rings. The Morgan fingerprint density at radius 1 is 1.03 bits per heavy atom. The number of alkyl halides is 3. The van der Waals surface area contributed by atoms with Gasteiger partial charge in [-0.05, 0) is 43.2 Å². The molecule has 33 heavy (non-hydrogen) atoms. The van der Waals surface area contributed by atoms with E-state index < -0.39 is 6.36 Å². The van der Waals surface area contributed by atoms with Crippen LogP contribution >= 0.6 is 0 Å². The van der Waals surface area contributed by atoms with E-state index in [-0.39, 0.29) is 23.4 Å². The molecule has 0 unspecified atom stereocenters. The zero-order chi connectivity index (χ0) is 23.6. The van der Waals surface area contributed by atoms with E-state index in [1.165, 1.54) is 18.5 Å². The summed E-state index contributed by atoms with van der Waals surface area (Å²) in [5, 5.41) is 0.898. The minimum atomic E-state index is -4.77. The second-order valence-corrected chi connectivity index (χ2v) is 7.91. The van der Waals surface area contributed by atoms with Gasteiger partial charge in [-0.3, -0.25) is 9.59 Å². The number of halogens is 3. The summed E-state index contributed by atoms with van der Waals surface area (Å²) in [5.74, 6) is -0.406. The molecule has 1 aliphatic rings. The molecule has 1 saturated heterocycles. The molecule has 1 fully saturated rings. The molecule has 1 aromatic heterocycles. The van der Waals surface area contributed by atoms with Crippen molar-refractivity contribution in [3.8, 4) is 5.75 Å². The van der Waals surface area contributed by atoms with Crippen LogP contribution in [0.15, 0.2) is 48.8 Å². The molecule has 0 spiro atoms. The van der Waals surface area contributed by atoms with Crippen molar-refractivity contribution in [1.29, 1.82) is 0 Å². The largest absolute Gasteiger partial charge is 0.573 e. The molecule has 2 aromatic carbocycles. The number of piperidine rings is 1. The fourth-order valence-electron chi connectivity index (χ4n) is 4.12. The standard InChI is InChI=1S/C24H22F3N3O3/c1-2-21(31)17-5-8-19-20(13-17)28-14-29-22(19)15-9-11-30(12-10-15)23(32)16-3-6-18(7-4-16)33-24(25,26)27/h3-8,13-15H,2,9-12H2,1H3. The van der Waals surface area contributed by atoms with E-state index in [2.05, 4.69) is 14.7 Å². The molecule has 1 amide bonds. The molecule has 2 heterocycles. The maximum absolute atomic E-state index is 12.8. The van der Waals surface area contributed by atoms with Crippen molar-refractivity contribution in [1.82, 2.24) is 14.9 Å². The molecule has 0 atom stereocenters. The second-order valence-electron chi connectivity index (χ2n) is 7.91. The lowest BCUT2D eigenvalue weighted by Gasteiger charge is -2.32. The van der Waals surface area contributed by atoms with Gasteiger partial charge in [0.05, 0.1) is 11.2 Å². The fourth-order valence-corrected chi connectivity index (χ4v) is 4.12. The molecule has 1 aliphatic heterocycles. The number of carbonyl (C=O) groups is 2. The first-order valence-corrected chi connectivity index (χ1v) is 10.7. The lowest BCUT2D eigenvalue weighted by Crippen LogP contribution is -2.38. The first-order chi connectivity index (χ1) is 15.7. The Hall–Kier alpha value is -3.49. The van der Waals surface area contributed by atoms with Crippen LogP contribution in [0.2, 0.25) is 0 Å². The highest BCUT2D eigenvalue weighted by atomic mass is 19.4. The summed E-state index contributed by atoms with van der Waals surface area (Å²) < 4.78 is 40.8. The number of hydrogen-bond acceptors (Lipinski definition) is 5. The van der Waals surface area contributed by atoms with Crippen molar-refractivity contribution < 1.29 is 27.5 Å². The highest BCUT2D eigenvalue weighted by Gasteiger charge is 2.31. The Kier molecular flexibility index (Phi) is 6.31. The van der Waals surface area contributed by atoms with Gasteiger partial charge in [-0.2, -0.15) is 0 Å². The number of carbonyl (C=O) groups excluding carboxylic acids is 2. The van der Waals surface area contributed by atoms with Crippen LogP contribution in [0.1, 0.15) is 58.5 Å². The first-order valence-electron chi connectivity index (χ1n) is 10.7. The number of ketones is 1. The third-order valence-corrected chi connectivity index (χ3v) is 5.81. The zero-order valence-electron chi connectivity index (χ0n) is 17.9. The number of hydrogen-bond donors (Lipinski definition) is 0. The minimum Gasteiger partial charge on any atom is -0.406 e. The van der Waals surface area contributed by atoms with Gasteiger partial charge in [0.2, 0.25) is 0 Å². The van der Waals surface area contributed by atoms with E-state index in [4.69, 9.17) is 0 Å². The summed E-state index contributed by atoms with van der Waals surface area (Å²) >= 11 is 0. The topological polar surface area (TPSA) is 72.4 Å². The first kappa shape index (κ1) is 22.7. The van der Waals surface area contributed by atoms with E-state index in [0.717, 1.165) is 28.7 Å². The predicted molar refractivity (Wildman–Crippen MR) is 115 cm³/mol. The van der Waals surface area contributed by atoms with E-state index in [9.17, 15) is 22.8 Å². The smallest absolute Gasteiger partial charge is 0.406 e. The Labute approximate surface area is 188 Å². The van der Waals surface area contributed by atoms with Gasteiger partial charge in [0.25, 0.3) is 5.91 Å². The number of rotatable bonds is 5. The molecule has 172 valence electrons. The summed E-state index contributed by atoms with van der Waals surface area (Å²) in [7, 11) is 0. The van der Waals surface area contributed by atoms with Crippen molar-refractivity contribution in [2.24, 2.45) is 0 Å². The quantitative estimate of drug-likeness (QED) is 0.496. The molecule has 0 radical (unpaired) electrons. The average Bonchev–Trinajstić information content (AvgIpc) is 2.82. The molecule has 0 aliphatic carbocycles. The fraction of sp³-hybridized carbons (Fsp3) is 0.333. The van der Waals surface area contributed by atoms with Gasteiger partial charge in [-0.1, -0.05) is 19.1 Å². The van der Waals surface area contributed by atoms with Crippen LogP contribution in [0.5, 0.6) is 5.75 Å². The molecule has 0 N–H and O–H groups in total. The van der Waals surface area contributed by atoms with E-state index in [1.807, 2.05) is 13.0 Å². The van der Waals surface area contributed by atoms with Crippen LogP contribution in [0, 0.1) is 0 Å². The minimum absolute atomic E-state index is 0.0573. The van der Waals surface area contributed by atoms with E-state index in [1.54, 1.807) is 17.0 Å². The number of aromatic nitrogens is 2. The van der Waals surface area contributed by atoms with Gasteiger partial charge in [-0.25, -0.2) is 9.97 Å². The van der Waals surface area contributed by atoms with E-state index in [0.29, 0.717) is 43.5 Å². The summed E-state index contributed by atoms with van der Waals surface area (Å²) in [6.07, 6.45) is -1.45. The van der Waals surface area contributed by atoms with E-state index >= 15 is 0 Å². The SMILES string of the molecule is CCC(=O)c1ccc2c(C3CCN(C(=O)c4ccc(OC(F)(F)F)cc4)CC3)ncnc2c1. The number of likely N-dealkylation sites (tertiary alicyclic amines) is 1. The summed E-state index contributed by atoms with van der Waals surface area (Å²) in [6, 6.07) is 10.4. The normalized spacial score (nSPS) is 15.0. The second kappa shape index (κ2) is 9.17. The van der Waals surface area contributed by atoms with Crippen molar-refractivity contribution in [2.75, 3.05) is 13.1 Å². The number of ether oxygens (including phenoxy) is 1. The van der Waals surface area contributed by atoms with Gasteiger partial charge in [0.15, 0.2) is 5.78 Å². The molecule has 9 heteroatoms. The number of Topliss-reactive ketones (excluding diaryl/α,β-unsaturated/α-hetero) is 1.